The molecule has 2 aromatic heterocycles. The summed E-state index contributed by atoms with van der Waals surface area (Å²) in [7, 11) is 2.13. The summed E-state index contributed by atoms with van der Waals surface area (Å²) in [6.45, 7) is 6.67. The van der Waals surface area contributed by atoms with Gasteiger partial charge in [0.25, 0.3) is 0 Å². The van der Waals surface area contributed by atoms with Gasteiger partial charge < -0.3 is 4.42 Å². The van der Waals surface area contributed by atoms with E-state index in [-0.39, 0.29) is 0 Å². The van der Waals surface area contributed by atoms with Gasteiger partial charge in [-0.05, 0) is 46.9 Å². The van der Waals surface area contributed by atoms with Crippen LogP contribution in [0.15, 0.2) is 83.4 Å². The van der Waals surface area contributed by atoms with Crippen molar-refractivity contribution in [3.8, 4) is 11.3 Å². The van der Waals surface area contributed by atoms with Crippen LogP contribution in [0.25, 0.3) is 54.7 Å². The van der Waals surface area contributed by atoms with Crippen LogP contribution in [0.2, 0.25) is 0 Å². The minimum Gasteiger partial charge on any atom is -0.454 e. The molecule has 0 radical (unpaired) electrons. The molecule has 0 saturated carbocycles. The van der Waals surface area contributed by atoms with Crippen LogP contribution in [0.1, 0.15) is 30.9 Å². The smallest absolute Gasteiger partial charge is 0.224 e. The van der Waals surface area contributed by atoms with Gasteiger partial charge in [0.2, 0.25) is 5.69 Å². The van der Waals surface area contributed by atoms with Crippen LogP contribution in [-0.2, 0) is 7.05 Å². The van der Waals surface area contributed by atoms with Crippen LogP contribution < -0.4 is 4.57 Å². The molecule has 0 spiro atoms. The zero-order chi connectivity index (χ0) is 22.0. The fourth-order valence-electron chi connectivity index (χ4n) is 5.02. The highest BCUT2D eigenvalue weighted by Crippen LogP contribution is 2.41. The van der Waals surface area contributed by atoms with Gasteiger partial charge in [-0.15, -0.1) is 0 Å². The van der Waals surface area contributed by atoms with Gasteiger partial charge in [0.05, 0.1) is 10.9 Å². The number of fused-ring (bicyclic) bond motifs is 6. The maximum absolute atomic E-state index is 6.68. The van der Waals surface area contributed by atoms with Gasteiger partial charge >= 0.3 is 0 Å². The molecule has 0 aliphatic rings. The van der Waals surface area contributed by atoms with Crippen molar-refractivity contribution in [2.24, 2.45) is 7.05 Å². The van der Waals surface area contributed by atoms with Crippen molar-refractivity contribution in [3.05, 3.63) is 90.1 Å². The maximum Gasteiger partial charge on any atom is 0.224 e. The number of rotatable bonds is 2. The summed E-state index contributed by atoms with van der Waals surface area (Å²) in [5.41, 5.74) is 6.89. The Morgan fingerprint density at radius 2 is 1.47 bits per heavy atom. The SMILES string of the molecule is Cc1ccc2c(oc3c4ccccc4ccc23)c1-c1c2ccc(C(C)C)cc2cc[n+]1C. The van der Waals surface area contributed by atoms with Crippen LogP contribution in [-0.4, -0.2) is 0 Å². The third kappa shape index (κ3) is 2.69. The molecule has 32 heavy (non-hydrogen) atoms. The largest absolute Gasteiger partial charge is 0.454 e. The first kappa shape index (κ1) is 19.1. The van der Waals surface area contributed by atoms with Gasteiger partial charge in [-0.3, -0.25) is 0 Å². The zero-order valence-electron chi connectivity index (χ0n) is 18.9. The first-order chi connectivity index (χ1) is 15.5. The molecule has 0 unspecified atom stereocenters. The Morgan fingerprint density at radius 1 is 0.719 bits per heavy atom. The summed E-state index contributed by atoms with van der Waals surface area (Å²) < 4.78 is 8.91. The molecular formula is C30H26NO+. The molecule has 0 bridgehead atoms. The van der Waals surface area contributed by atoms with E-state index in [0.29, 0.717) is 5.92 Å². The minimum atomic E-state index is 0.505. The summed E-state index contributed by atoms with van der Waals surface area (Å²) in [5, 5.41) is 7.22. The van der Waals surface area contributed by atoms with Gasteiger partial charge in [0.15, 0.2) is 6.20 Å². The van der Waals surface area contributed by atoms with Gasteiger partial charge in [-0.2, -0.15) is 0 Å². The molecule has 0 aliphatic heterocycles. The lowest BCUT2D eigenvalue weighted by molar-refractivity contribution is -0.659. The Kier molecular flexibility index (Phi) is 4.13. The molecule has 0 fully saturated rings. The highest BCUT2D eigenvalue weighted by atomic mass is 16.3. The zero-order valence-corrected chi connectivity index (χ0v) is 18.9. The quantitative estimate of drug-likeness (QED) is 0.263. The predicted molar refractivity (Wildman–Crippen MR) is 134 cm³/mol. The predicted octanol–water partition coefficient (Wildman–Crippen LogP) is 7.82. The number of pyridine rings is 1. The highest BCUT2D eigenvalue weighted by molar-refractivity contribution is 6.18. The number of hydrogen-bond acceptors (Lipinski definition) is 1. The van der Waals surface area contributed by atoms with Crippen molar-refractivity contribution >= 4 is 43.5 Å². The number of aromatic nitrogens is 1. The van der Waals surface area contributed by atoms with E-state index in [1.165, 1.54) is 49.3 Å². The number of furan rings is 1. The first-order valence-electron chi connectivity index (χ1n) is 11.3. The fraction of sp³-hybridized carbons (Fsp3) is 0.167. The third-order valence-electron chi connectivity index (χ3n) is 6.80. The molecule has 6 rings (SSSR count). The normalized spacial score (nSPS) is 12.0. The van der Waals surface area contributed by atoms with E-state index in [4.69, 9.17) is 4.42 Å². The van der Waals surface area contributed by atoms with Crippen molar-refractivity contribution in [3.63, 3.8) is 0 Å². The van der Waals surface area contributed by atoms with E-state index in [1.807, 2.05) is 0 Å². The third-order valence-corrected chi connectivity index (χ3v) is 6.80. The highest BCUT2D eigenvalue weighted by Gasteiger charge is 2.24. The number of aryl methyl sites for hydroxylation is 2. The van der Waals surface area contributed by atoms with E-state index in [1.54, 1.807) is 0 Å². The van der Waals surface area contributed by atoms with Crippen LogP contribution in [0.5, 0.6) is 0 Å². The van der Waals surface area contributed by atoms with E-state index < -0.39 is 0 Å². The van der Waals surface area contributed by atoms with Crippen molar-refractivity contribution in [1.82, 2.24) is 0 Å². The summed E-state index contributed by atoms with van der Waals surface area (Å²) in [6, 6.07) is 26.3. The lowest BCUT2D eigenvalue weighted by Gasteiger charge is -2.11. The number of benzene rings is 4. The Balaban J connectivity index is 1.75. The first-order valence-corrected chi connectivity index (χ1v) is 11.3. The average molecular weight is 417 g/mol. The van der Waals surface area contributed by atoms with E-state index in [9.17, 15) is 0 Å². The van der Waals surface area contributed by atoms with Gasteiger partial charge in [-0.25, -0.2) is 4.57 Å². The summed E-state index contributed by atoms with van der Waals surface area (Å²) in [5.74, 6) is 0.505. The topological polar surface area (TPSA) is 17.0 Å². The van der Waals surface area contributed by atoms with Crippen molar-refractivity contribution in [2.45, 2.75) is 26.7 Å². The molecule has 2 heterocycles. The molecule has 0 amide bonds. The Labute approximate surface area is 187 Å². The second-order valence-corrected chi connectivity index (χ2v) is 9.18. The van der Waals surface area contributed by atoms with Crippen LogP contribution in [0.3, 0.4) is 0 Å². The number of nitrogens with zero attached hydrogens (tertiary/aromatic N) is 1. The van der Waals surface area contributed by atoms with E-state index in [0.717, 1.165) is 16.6 Å². The fourth-order valence-corrected chi connectivity index (χ4v) is 5.02. The Hall–Kier alpha value is -3.65. The standard InChI is InChI=1S/C30H26NO/c1-18(2)21-11-13-23-22(17-21)15-16-31(4)28(23)27-19(3)9-12-26-25-14-10-20-7-5-6-8-24(20)29(25)32-30(26)27/h5-18H,1-4H3/q+1. The van der Waals surface area contributed by atoms with Crippen molar-refractivity contribution < 1.29 is 8.98 Å². The molecule has 2 nitrogen and oxygen atoms in total. The van der Waals surface area contributed by atoms with E-state index in [2.05, 4.69) is 111 Å². The minimum absolute atomic E-state index is 0.505. The van der Waals surface area contributed by atoms with Crippen molar-refractivity contribution in [1.29, 1.82) is 0 Å². The molecule has 0 N–H and O–H groups in total. The molecule has 0 atom stereocenters. The molecule has 4 aromatic carbocycles. The van der Waals surface area contributed by atoms with E-state index >= 15 is 0 Å². The van der Waals surface area contributed by atoms with Crippen LogP contribution in [0, 0.1) is 6.92 Å². The van der Waals surface area contributed by atoms with Gasteiger partial charge in [-0.1, -0.05) is 68.4 Å². The second-order valence-electron chi connectivity index (χ2n) is 9.18. The maximum atomic E-state index is 6.68. The molecular weight excluding hydrogens is 390 g/mol. The Morgan fingerprint density at radius 3 is 2.31 bits per heavy atom. The second kappa shape index (κ2) is 6.93. The summed E-state index contributed by atoms with van der Waals surface area (Å²) in [4.78, 5) is 0. The molecule has 2 heteroatoms. The number of hydrogen-bond donors (Lipinski definition) is 0. The molecule has 156 valence electrons. The van der Waals surface area contributed by atoms with Crippen LogP contribution >= 0.6 is 0 Å². The van der Waals surface area contributed by atoms with Gasteiger partial charge in [0, 0.05) is 22.2 Å². The summed E-state index contributed by atoms with van der Waals surface area (Å²) >= 11 is 0. The van der Waals surface area contributed by atoms with Crippen LogP contribution in [0.4, 0.5) is 0 Å². The van der Waals surface area contributed by atoms with Gasteiger partial charge in [0.1, 0.15) is 18.2 Å². The molecule has 6 aromatic rings. The molecule has 0 saturated heterocycles. The lowest BCUT2D eigenvalue weighted by atomic mass is 9.94. The Bertz CT molecular complexity index is 1670. The lowest BCUT2D eigenvalue weighted by Crippen LogP contribution is -2.30. The molecule has 0 aliphatic carbocycles. The summed E-state index contributed by atoms with van der Waals surface area (Å²) in [6.07, 6.45) is 2.16. The monoisotopic (exact) mass is 416 g/mol. The van der Waals surface area contributed by atoms with Crippen molar-refractivity contribution in [2.75, 3.05) is 0 Å². The average Bonchev–Trinajstić information content (AvgIpc) is 3.18.